The fourth-order valence-electron chi connectivity index (χ4n) is 3.73. The molecule has 1 saturated heterocycles. The molecule has 0 saturated carbocycles. The van der Waals surface area contributed by atoms with E-state index in [0.29, 0.717) is 5.82 Å². The number of likely N-dealkylation sites (tertiary alicyclic amines) is 1. The van der Waals surface area contributed by atoms with Crippen LogP contribution in [0.15, 0.2) is 10.7 Å². The van der Waals surface area contributed by atoms with Crippen LogP contribution in [0.1, 0.15) is 48.0 Å². The summed E-state index contributed by atoms with van der Waals surface area (Å²) in [6.45, 7) is 4.97. The average Bonchev–Trinajstić information content (AvgIpc) is 3.04. The summed E-state index contributed by atoms with van der Waals surface area (Å²) in [7, 11) is 2.14. The minimum Gasteiger partial charge on any atom is -0.337 e. The maximum Gasteiger partial charge on any atom is 0.244 e. The van der Waals surface area contributed by atoms with Gasteiger partial charge in [0.2, 0.25) is 11.7 Å². The summed E-state index contributed by atoms with van der Waals surface area (Å²) < 4.78 is 5.63. The van der Waals surface area contributed by atoms with Gasteiger partial charge in [-0.3, -0.25) is 9.88 Å². The number of halogens is 2. The van der Waals surface area contributed by atoms with Crippen LogP contribution in [0.4, 0.5) is 0 Å². The smallest absolute Gasteiger partial charge is 0.244 e. The SMILES string of the molecule is Cc1ncc2c(c1-c1noc(C3CCCCN3C)n1)CCNC2.Cl.Cl. The Labute approximate surface area is 160 Å². The van der Waals surface area contributed by atoms with E-state index in [-0.39, 0.29) is 30.9 Å². The van der Waals surface area contributed by atoms with Gasteiger partial charge in [0.1, 0.15) is 0 Å². The van der Waals surface area contributed by atoms with Gasteiger partial charge in [0.25, 0.3) is 0 Å². The number of hydrogen-bond acceptors (Lipinski definition) is 6. The van der Waals surface area contributed by atoms with Gasteiger partial charge < -0.3 is 9.84 Å². The first-order valence-corrected chi connectivity index (χ1v) is 8.46. The highest BCUT2D eigenvalue weighted by Gasteiger charge is 2.27. The third-order valence-electron chi connectivity index (χ3n) is 5.05. The normalized spacial score (nSPS) is 20.3. The van der Waals surface area contributed by atoms with Crippen molar-refractivity contribution in [2.24, 2.45) is 0 Å². The highest BCUT2D eigenvalue weighted by molar-refractivity contribution is 5.85. The maximum absolute atomic E-state index is 5.63. The molecule has 0 spiro atoms. The van der Waals surface area contributed by atoms with E-state index in [1.807, 2.05) is 13.1 Å². The van der Waals surface area contributed by atoms with Gasteiger partial charge in [0.05, 0.1) is 6.04 Å². The largest absolute Gasteiger partial charge is 0.337 e. The molecule has 2 aliphatic rings. The highest BCUT2D eigenvalue weighted by atomic mass is 35.5. The minimum absolute atomic E-state index is 0. The molecule has 0 bridgehead atoms. The van der Waals surface area contributed by atoms with Crippen molar-refractivity contribution >= 4 is 24.8 Å². The molecule has 4 heterocycles. The lowest BCUT2D eigenvalue weighted by molar-refractivity contribution is 0.150. The number of fused-ring (bicyclic) bond motifs is 1. The third kappa shape index (κ3) is 3.82. The third-order valence-corrected chi connectivity index (χ3v) is 5.05. The lowest BCUT2D eigenvalue weighted by atomic mass is 9.95. The molecule has 1 atom stereocenters. The molecule has 1 fully saturated rings. The second-order valence-corrected chi connectivity index (χ2v) is 6.60. The van der Waals surface area contributed by atoms with Gasteiger partial charge in [0.15, 0.2) is 0 Å². The van der Waals surface area contributed by atoms with Crippen LogP contribution in [0.2, 0.25) is 0 Å². The molecule has 6 nitrogen and oxygen atoms in total. The number of nitrogens with zero attached hydrogens (tertiary/aromatic N) is 4. The number of aromatic nitrogens is 3. The molecule has 4 rings (SSSR count). The molecule has 25 heavy (non-hydrogen) atoms. The average molecular weight is 386 g/mol. The fourth-order valence-corrected chi connectivity index (χ4v) is 3.73. The monoisotopic (exact) mass is 385 g/mol. The summed E-state index contributed by atoms with van der Waals surface area (Å²) in [5.74, 6) is 1.44. The standard InChI is InChI=1S/C17H23N5O.2ClH/c1-11-15(13-6-7-18-9-12(13)10-19-11)16-20-17(23-21-16)14-5-3-4-8-22(14)2;;/h10,14,18H,3-9H2,1-2H3;2*1H. The van der Waals surface area contributed by atoms with Crippen molar-refractivity contribution in [2.75, 3.05) is 20.1 Å². The summed E-state index contributed by atoms with van der Waals surface area (Å²) in [5.41, 5.74) is 4.62. The van der Waals surface area contributed by atoms with E-state index in [4.69, 9.17) is 9.51 Å². The Balaban J connectivity index is 0.00000113. The molecule has 1 unspecified atom stereocenters. The predicted molar refractivity (Wildman–Crippen MR) is 101 cm³/mol. The van der Waals surface area contributed by atoms with Crippen molar-refractivity contribution in [3.05, 3.63) is 28.9 Å². The lowest BCUT2D eigenvalue weighted by Crippen LogP contribution is -2.29. The van der Waals surface area contributed by atoms with Crippen LogP contribution in [0.5, 0.6) is 0 Å². The van der Waals surface area contributed by atoms with E-state index >= 15 is 0 Å². The Morgan fingerprint density at radius 2 is 2.12 bits per heavy atom. The molecule has 2 aliphatic heterocycles. The molecule has 0 radical (unpaired) electrons. The molecule has 8 heteroatoms. The van der Waals surface area contributed by atoms with Crippen LogP contribution in [-0.2, 0) is 13.0 Å². The Morgan fingerprint density at radius 1 is 1.28 bits per heavy atom. The first kappa shape index (κ1) is 20.1. The van der Waals surface area contributed by atoms with Gasteiger partial charge >= 0.3 is 0 Å². The van der Waals surface area contributed by atoms with Crippen LogP contribution < -0.4 is 5.32 Å². The van der Waals surface area contributed by atoms with Crippen molar-refractivity contribution < 1.29 is 4.52 Å². The van der Waals surface area contributed by atoms with Crippen molar-refractivity contribution in [3.8, 4) is 11.4 Å². The first-order valence-electron chi connectivity index (χ1n) is 8.46. The van der Waals surface area contributed by atoms with Crippen LogP contribution in [0.25, 0.3) is 11.4 Å². The number of aryl methyl sites for hydroxylation is 1. The Morgan fingerprint density at radius 3 is 2.92 bits per heavy atom. The van der Waals surface area contributed by atoms with Crippen LogP contribution in [0, 0.1) is 6.92 Å². The van der Waals surface area contributed by atoms with Crippen molar-refractivity contribution in [2.45, 2.75) is 45.2 Å². The quantitative estimate of drug-likeness (QED) is 0.856. The molecule has 2 aromatic heterocycles. The van der Waals surface area contributed by atoms with Crippen molar-refractivity contribution in [3.63, 3.8) is 0 Å². The van der Waals surface area contributed by atoms with E-state index in [0.717, 1.165) is 49.6 Å². The van der Waals surface area contributed by atoms with Gasteiger partial charge in [-0.25, -0.2) is 0 Å². The molecular formula is C17H25Cl2N5O. The molecule has 0 amide bonds. The van der Waals surface area contributed by atoms with Crippen LogP contribution in [0.3, 0.4) is 0 Å². The topological polar surface area (TPSA) is 67.1 Å². The van der Waals surface area contributed by atoms with Gasteiger partial charge in [-0.15, -0.1) is 24.8 Å². The zero-order valence-corrected chi connectivity index (χ0v) is 16.3. The second-order valence-electron chi connectivity index (χ2n) is 6.60. The van der Waals surface area contributed by atoms with Gasteiger partial charge in [0, 0.05) is 24.0 Å². The fraction of sp³-hybridized carbons (Fsp3) is 0.588. The van der Waals surface area contributed by atoms with E-state index < -0.39 is 0 Å². The summed E-state index contributed by atoms with van der Waals surface area (Å²) in [5, 5.41) is 7.68. The van der Waals surface area contributed by atoms with Gasteiger partial charge in [-0.2, -0.15) is 4.98 Å². The van der Waals surface area contributed by atoms with Gasteiger partial charge in [-0.05, 0) is 57.5 Å². The molecule has 1 N–H and O–H groups in total. The van der Waals surface area contributed by atoms with Gasteiger partial charge in [-0.1, -0.05) is 11.6 Å². The number of hydrogen-bond donors (Lipinski definition) is 1. The van der Waals surface area contributed by atoms with E-state index in [9.17, 15) is 0 Å². The van der Waals surface area contributed by atoms with E-state index in [1.54, 1.807) is 0 Å². The lowest BCUT2D eigenvalue weighted by Gasteiger charge is -2.29. The van der Waals surface area contributed by atoms with E-state index in [1.165, 1.54) is 24.0 Å². The number of nitrogens with one attached hydrogen (secondary N) is 1. The molecule has 138 valence electrons. The maximum atomic E-state index is 5.63. The number of piperidine rings is 1. The molecule has 2 aromatic rings. The predicted octanol–water partition coefficient (Wildman–Crippen LogP) is 3.09. The number of rotatable bonds is 2. The second kappa shape index (κ2) is 8.45. The zero-order chi connectivity index (χ0) is 15.8. The Bertz CT molecular complexity index is 721. The summed E-state index contributed by atoms with van der Waals surface area (Å²) >= 11 is 0. The molecule has 0 aliphatic carbocycles. The summed E-state index contributed by atoms with van der Waals surface area (Å²) in [6, 6.07) is 0.250. The van der Waals surface area contributed by atoms with Crippen molar-refractivity contribution in [1.82, 2.24) is 25.3 Å². The van der Waals surface area contributed by atoms with Crippen LogP contribution in [-0.4, -0.2) is 40.2 Å². The number of pyridine rings is 1. The first-order chi connectivity index (χ1) is 11.2. The summed E-state index contributed by atoms with van der Waals surface area (Å²) in [6.07, 6.45) is 6.51. The van der Waals surface area contributed by atoms with Crippen molar-refractivity contribution in [1.29, 1.82) is 0 Å². The van der Waals surface area contributed by atoms with Crippen LogP contribution >= 0.6 is 24.8 Å². The molecular weight excluding hydrogens is 361 g/mol. The Kier molecular flexibility index (Phi) is 6.79. The Hall–Kier alpha value is -1.21. The summed E-state index contributed by atoms with van der Waals surface area (Å²) in [4.78, 5) is 11.6. The zero-order valence-electron chi connectivity index (χ0n) is 14.6. The molecule has 0 aromatic carbocycles. The van der Waals surface area contributed by atoms with E-state index in [2.05, 4.69) is 27.4 Å². The minimum atomic E-state index is 0. The highest BCUT2D eigenvalue weighted by Crippen LogP contribution is 2.32.